The molecule has 2 rings (SSSR count). The van der Waals surface area contributed by atoms with E-state index in [0.29, 0.717) is 5.69 Å². The Morgan fingerprint density at radius 3 is 2.43 bits per heavy atom. The van der Waals surface area contributed by atoms with Crippen LogP contribution in [-0.2, 0) is 11.3 Å². The summed E-state index contributed by atoms with van der Waals surface area (Å²) in [6, 6.07) is 9.32. The van der Waals surface area contributed by atoms with E-state index in [1.54, 1.807) is 0 Å². The molecular formula is C15H16N2O3S. The quantitative estimate of drug-likeness (QED) is 0.921. The molecule has 0 aliphatic heterocycles. The van der Waals surface area contributed by atoms with Crippen LogP contribution in [0.1, 0.15) is 25.9 Å². The Labute approximate surface area is 126 Å². The number of carboxylic acid groups (broad SMARTS) is 1. The molecule has 1 N–H and O–H groups in total. The number of hydrogen-bond donors (Lipinski definition) is 1. The van der Waals surface area contributed by atoms with Crippen LogP contribution >= 0.6 is 11.3 Å². The van der Waals surface area contributed by atoms with Gasteiger partial charge in [0, 0.05) is 11.4 Å². The molecule has 0 unspecified atom stereocenters. The number of carbonyl (C=O) groups excluding carboxylic acids is 1. The molecule has 21 heavy (non-hydrogen) atoms. The van der Waals surface area contributed by atoms with Crippen molar-refractivity contribution < 1.29 is 14.7 Å². The van der Waals surface area contributed by atoms with E-state index in [4.69, 9.17) is 5.11 Å². The van der Waals surface area contributed by atoms with Crippen LogP contribution in [0.2, 0.25) is 0 Å². The molecule has 0 spiro atoms. The summed E-state index contributed by atoms with van der Waals surface area (Å²) in [6.07, 6.45) is 0. The predicted molar refractivity (Wildman–Crippen MR) is 80.4 cm³/mol. The van der Waals surface area contributed by atoms with Crippen molar-refractivity contribution in [1.29, 1.82) is 0 Å². The molecule has 0 aliphatic rings. The van der Waals surface area contributed by atoms with Gasteiger partial charge in [0.15, 0.2) is 0 Å². The van der Waals surface area contributed by atoms with Gasteiger partial charge in [0.25, 0.3) is 5.91 Å². The van der Waals surface area contributed by atoms with Crippen LogP contribution < -0.4 is 0 Å². The van der Waals surface area contributed by atoms with E-state index in [1.165, 1.54) is 16.2 Å². The van der Waals surface area contributed by atoms with Crippen LogP contribution in [0, 0.1) is 13.8 Å². The minimum absolute atomic E-state index is 0.252. The number of aliphatic carboxylic acids is 1. The van der Waals surface area contributed by atoms with E-state index in [1.807, 2.05) is 44.2 Å². The highest BCUT2D eigenvalue weighted by Gasteiger charge is 2.23. The first-order valence-corrected chi connectivity index (χ1v) is 7.28. The first kappa shape index (κ1) is 15.2. The van der Waals surface area contributed by atoms with E-state index in [-0.39, 0.29) is 19.0 Å². The lowest BCUT2D eigenvalue weighted by atomic mass is 10.2. The molecule has 1 aromatic carbocycles. The maximum Gasteiger partial charge on any atom is 0.323 e. The largest absolute Gasteiger partial charge is 0.480 e. The van der Waals surface area contributed by atoms with Crippen molar-refractivity contribution in [2.24, 2.45) is 0 Å². The van der Waals surface area contributed by atoms with Gasteiger partial charge in [-0.3, -0.25) is 9.59 Å². The lowest BCUT2D eigenvalue weighted by Gasteiger charge is -2.20. The zero-order valence-corrected chi connectivity index (χ0v) is 12.7. The average Bonchev–Trinajstić information content (AvgIpc) is 2.77. The minimum atomic E-state index is -1.04. The van der Waals surface area contributed by atoms with E-state index in [2.05, 4.69) is 4.98 Å². The summed E-state index contributed by atoms with van der Waals surface area (Å²) >= 11 is 1.43. The van der Waals surface area contributed by atoms with Gasteiger partial charge in [0.05, 0.1) is 5.01 Å². The second kappa shape index (κ2) is 6.49. The van der Waals surface area contributed by atoms with Crippen LogP contribution in [0.5, 0.6) is 0 Å². The molecule has 0 saturated heterocycles. The molecule has 6 heteroatoms. The van der Waals surface area contributed by atoms with Crippen molar-refractivity contribution >= 4 is 23.2 Å². The highest BCUT2D eigenvalue weighted by Crippen LogP contribution is 2.19. The van der Waals surface area contributed by atoms with Gasteiger partial charge in [-0.15, -0.1) is 11.3 Å². The third kappa shape index (κ3) is 3.88. The average molecular weight is 304 g/mol. The molecule has 110 valence electrons. The van der Waals surface area contributed by atoms with Crippen LogP contribution in [-0.4, -0.2) is 33.4 Å². The maximum absolute atomic E-state index is 12.5. The number of aryl methyl sites for hydroxylation is 2. The molecule has 0 radical (unpaired) electrons. The number of nitrogens with zero attached hydrogens (tertiary/aromatic N) is 2. The van der Waals surface area contributed by atoms with Crippen LogP contribution in [0.4, 0.5) is 0 Å². The van der Waals surface area contributed by atoms with Gasteiger partial charge in [-0.05, 0) is 19.4 Å². The van der Waals surface area contributed by atoms with Crippen molar-refractivity contribution in [1.82, 2.24) is 9.88 Å². The van der Waals surface area contributed by atoms with Crippen LogP contribution in [0.15, 0.2) is 30.3 Å². The second-order valence-corrected chi connectivity index (χ2v) is 6.09. The van der Waals surface area contributed by atoms with Gasteiger partial charge in [-0.1, -0.05) is 30.3 Å². The van der Waals surface area contributed by atoms with Gasteiger partial charge in [0.2, 0.25) is 0 Å². The number of aromatic nitrogens is 1. The van der Waals surface area contributed by atoms with E-state index >= 15 is 0 Å². The Morgan fingerprint density at radius 1 is 1.24 bits per heavy atom. The molecule has 1 amide bonds. The van der Waals surface area contributed by atoms with Gasteiger partial charge in [-0.25, -0.2) is 4.98 Å². The molecule has 2 aromatic rings. The van der Waals surface area contributed by atoms with Crippen molar-refractivity contribution in [3.8, 4) is 0 Å². The highest BCUT2D eigenvalue weighted by molar-refractivity contribution is 7.11. The minimum Gasteiger partial charge on any atom is -0.480 e. The third-order valence-electron chi connectivity index (χ3n) is 2.94. The normalized spacial score (nSPS) is 10.4. The number of carboxylic acids is 1. The standard InChI is InChI=1S/C15H16N2O3S/c1-10-14(16-11(2)21-10)15(20)17(9-13(18)19)8-12-6-4-3-5-7-12/h3-7H,8-9H2,1-2H3,(H,18,19). The molecular weight excluding hydrogens is 288 g/mol. The van der Waals surface area contributed by atoms with Gasteiger partial charge < -0.3 is 10.0 Å². The monoisotopic (exact) mass is 304 g/mol. The molecule has 0 atom stereocenters. The fraction of sp³-hybridized carbons (Fsp3) is 0.267. The summed E-state index contributed by atoms with van der Waals surface area (Å²) in [5.74, 6) is -1.38. The fourth-order valence-corrected chi connectivity index (χ4v) is 2.85. The van der Waals surface area contributed by atoms with Crippen LogP contribution in [0.3, 0.4) is 0 Å². The van der Waals surface area contributed by atoms with E-state index < -0.39 is 5.97 Å². The summed E-state index contributed by atoms with van der Waals surface area (Å²) in [5.41, 5.74) is 1.23. The topological polar surface area (TPSA) is 70.5 Å². The Hall–Kier alpha value is -2.21. The summed E-state index contributed by atoms with van der Waals surface area (Å²) in [6.45, 7) is 3.55. The summed E-state index contributed by atoms with van der Waals surface area (Å²) in [7, 11) is 0. The first-order valence-electron chi connectivity index (χ1n) is 6.46. The molecule has 0 saturated carbocycles. The van der Waals surface area contributed by atoms with Crippen LogP contribution in [0.25, 0.3) is 0 Å². The number of thiazole rings is 1. The maximum atomic E-state index is 12.5. The van der Waals surface area contributed by atoms with Crippen molar-refractivity contribution in [2.75, 3.05) is 6.54 Å². The molecule has 1 heterocycles. The first-order chi connectivity index (χ1) is 9.97. The van der Waals surface area contributed by atoms with Crippen molar-refractivity contribution in [3.63, 3.8) is 0 Å². The zero-order valence-electron chi connectivity index (χ0n) is 11.9. The Morgan fingerprint density at radius 2 is 1.90 bits per heavy atom. The zero-order chi connectivity index (χ0) is 15.4. The molecule has 0 fully saturated rings. The summed E-state index contributed by atoms with van der Waals surface area (Å²) < 4.78 is 0. The Kier molecular flexibility index (Phi) is 4.70. The van der Waals surface area contributed by atoms with Crippen molar-refractivity contribution in [2.45, 2.75) is 20.4 Å². The smallest absolute Gasteiger partial charge is 0.323 e. The van der Waals surface area contributed by atoms with E-state index in [9.17, 15) is 9.59 Å². The number of hydrogen-bond acceptors (Lipinski definition) is 4. The number of benzene rings is 1. The molecule has 5 nitrogen and oxygen atoms in total. The summed E-state index contributed by atoms with van der Waals surface area (Å²) in [5, 5.41) is 9.82. The number of rotatable bonds is 5. The number of amides is 1. The summed E-state index contributed by atoms with van der Waals surface area (Å²) in [4.78, 5) is 29.9. The fourth-order valence-electron chi connectivity index (χ4n) is 2.04. The Balaban J connectivity index is 2.25. The predicted octanol–water partition coefficient (Wildman–Crippen LogP) is 2.49. The lowest BCUT2D eigenvalue weighted by molar-refractivity contribution is -0.137. The highest BCUT2D eigenvalue weighted by atomic mass is 32.1. The van der Waals surface area contributed by atoms with Gasteiger partial charge in [0.1, 0.15) is 12.2 Å². The number of carbonyl (C=O) groups is 2. The molecule has 0 bridgehead atoms. The third-order valence-corrected chi connectivity index (χ3v) is 3.82. The molecule has 0 aliphatic carbocycles. The lowest BCUT2D eigenvalue weighted by Crippen LogP contribution is -2.35. The second-order valence-electron chi connectivity index (χ2n) is 4.68. The van der Waals surface area contributed by atoms with Gasteiger partial charge in [-0.2, -0.15) is 0 Å². The van der Waals surface area contributed by atoms with E-state index in [0.717, 1.165) is 15.4 Å². The Bertz CT molecular complexity index is 652. The molecule has 1 aromatic heterocycles. The van der Waals surface area contributed by atoms with Crippen molar-refractivity contribution in [3.05, 3.63) is 51.5 Å². The van der Waals surface area contributed by atoms with Gasteiger partial charge >= 0.3 is 5.97 Å². The SMILES string of the molecule is Cc1nc(C(=O)N(CC(=O)O)Cc2ccccc2)c(C)s1.